The van der Waals surface area contributed by atoms with Crippen molar-refractivity contribution >= 4 is 17.7 Å². The Kier molecular flexibility index (Phi) is 4.88. The molecule has 8 heteroatoms. The average molecular weight is 412 g/mol. The van der Waals surface area contributed by atoms with E-state index in [1.165, 1.54) is 0 Å². The highest BCUT2D eigenvalue weighted by Crippen LogP contribution is 2.36. The minimum absolute atomic E-state index is 0.0485. The summed E-state index contributed by atoms with van der Waals surface area (Å²) in [5.74, 6) is -0.756. The fourth-order valence-electron chi connectivity index (χ4n) is 5.39. The Balaban J connectivity index is 1.28. The molecule has 0 aliphatic carbocycles. The molecule has 0 radical (unpaired) electrons. The van der Waals surface area contributed by atoms with Gasteiger partial charge < -0.3 is 15.4 Å². The molecule has 4 aliphatic rings. The van der Waals surface area contributed by atoms with Gasteiger partial charge in [0, 0.05) is 44.2 Å². The van der Waals surface area contributed by atoms with Crippen molar-refractivity contribution in [3.8, 4) is 0 Å². The minimum atomic E-state index is -0.575. The number of piperidine rings is 2. The number of fused-ring (bicyclic) bond motifs is 1. The van der Waals surface area contributed by atoms with Gasteiger partial charge in [0.2, 0.25) is 11.8 Å². The molecular weight excluding hydrogens is 384 g/mol. The van der Waals surface area contributed by atoms with E-state index in [2.05, 4.69) is 16.3 Å². The molecule has 4 heterocycles. The molecule has 3 N–H and O–H groups in total. The Morgan fingerprint density at radius 2 is 2.00 bits per heavy atom. The van der Waals surface area contributed by atoms with Gasteiger partial charge in [-0.2, -0.15) is 0 Å². The lowest BCUT2D eigenvalue weighted by Crippen LogP contribution is -2.52. The summed E-state index contributed by atoms with van der Waals surface area (Å²) in [5.41, 5.74) is 8.81. The molecule has 0 aromatic heterocycles. The van der Waals surface area contributed by atoms with Gasteiger partial charge in [0.25, 0.3) is 5.91 Å². The highest BCUT2D eigenvalue weighted by atomic mass is 16.5. The van der Waals surface area contributed by atoms with Crippen molar-refractivity contribution < 1.29 is 19.1 Å². The van der Waals surface area contributed by atoms with Gasteiger partial charge in [-0.25, -0.2) is 0 Å². The Labute approximate surface area is 175 Å². The molecular formula is C22H28N4O4. The molecule has 0 saturated carbocycles. The van der Waals surface area contributed by atoms with Crippen LogP contribution in [0.25, 0.3) is 0 Å². The molecule has 5 rings (SSSR count). The SMILES string of the molecule is NC1COC2(CCN(Cc3cccc4c3CN(C3CCC(=O)NC3=O)C4=O)CC2)C1. The second-order valence-corrected chi connectivity index (χ2v) is 9.08. The van der Waals surface area contributed by atoms with Gasteiger partial charge in [0.15, 0.2) is 0 Å². The van der Waals surface area contributed by atoms with E-state index in [-0.39, 0.29) is 35.8 Å². The van der Waals surface area contributed by atoms with Gasteiger partial charge >= 0.3 is 0 Å². The van der Waals surface area contributed by atoms with E-state index in [1.54, 1.807) is 4.90 Å². The predicted molar refractivity (Wildman–Crippen MR) is 108 cm³/mol. The molecule has 3 amide bonds. The molecule has 4 aliphatic heterocycles. The summed E-state index contributed by atoms with van der Waals surface area (Å²) in [6, 6.07) is 5.41. The van der Waals surface area contributed by atoms with Gasteiger partial charge in [0.1, 0.15) is 6.04 Å². The maximum atomic E-state index is 13.0. The maximum absolute atomic E-state index is 13.0. The molecule has 3 fully saturated rings. The smallest absolute Gasteiger partial charge is 0.255 e. The van der Waals surface area contributed by atoms with Crippen molar-refractivity contribution in [2.24, 2.45) is 5.73 Å². The number of hydrogen-bond acceptors (Lipinski definition) is 6. The van der Waals surface area contributed by atoms with E-state index in [0.717, 1.165) is 50.0 Å². The van der Waals surface area contributed by atoms with E-state index < -0.39 is 6.04 Å². The molecule has 160 valence electrons. The van der Waals surface area contributed by atoms with Crippen LogP contribution in [0.2, 0.25) is 0 Å². The normalized spacial score (nSPS) is 28.8. The lowest BCUT2D eigenvalue weighted by atomic mass is 9.87. The van der Waals surface area contributed by atoms with E-state index in [9.17, 15) is 14.4 Å². The number of rotatable bonds is 3. The maximum Gasteiger partial charge on any atom is 0.255 e. The Bertz CT molecular complexity index is 893. The number of carbonyl (C=O) groups is 3. The van der Waals surface area contributed by atoms with Crippen molar-refractivity contribution in [3.63, 3.8) is 0 Å². The molecule has 1 aromatic carbocycles. The van der Waals surface area contributed by atoms with E-state index in [1.807, 2.05) is 12.1 Å². The first kappa shape index (κ1) is 19.7. The van der Waals surface area contributed by atoms with Gasteiger partial charge in [-0.15, -0.1) is 0 Å². The minimum Gasteiger partial charge on any atom is -0.373 e. The molecule has 3 saturated heterocycles. The first-order chi connectivity index (χ1) is 14.4. The van der Waals surface area contributed by atoms with E-state index in [4.69, 9.17) is 10.5 Å². The van der Waals surface area contributed by atoms with E-state index >= 15 is 0 Å². The van der Waals surface area contributed by atoms with Crippen LogP contribution in [0.3, 0.4) is 0 Å². The second-order valence-electron chi connectivity index (χ2n) is 9.08. The van der Waals surface area contributed by atoms with Gasteiger partial charge in [0.05, 0.1) is 12.2 Å². The van der Waals surface area contributed by atoms with Gasteiger partial charge in [-0.1, -0.05) is 12.1 Å². The largest absolute Gasteiger partial charge is 0.373 e. The summed E-state index contributed by atoms with van der Waals surface area (Å²) in [4.78, 5) is 40.8. The van der Waals surface area contributed by atoms with Crippen molar-refractivity contribution in [2.75, 3.05) is 19.7 Å². The third kappa shape index (κ3) is 3.42. The molecule has 2 unspecified atom stereocenters. The average Bonchev–Trinajstić information content (AvgIpc) is 3.25. The van der Waals surface area contributed by atoms with Gasteiger partial charge in [-0.05, 0) is 42.9 Å². The standard InChI is InChI=1S/C22H28N4O4/c23-15-10-22(30-13-15)6-8-25(9-7-22)11-14-2-1-3-16-17(14)12-26(21(16)29)18-4-5-19(27)24-20(18)28/h1-3,15,18H,4-13,23H2,(H,24,27,28). The number of nitrogens with zero attached hydrogens (tertiary/aromatic N) is 2. The summed E-state index contributed by atoms with van der Waals surface area (Å²) in [6.07, 6.45) is 3.56. The first-order valence-electron chi connectivity index (χ1n) is 10.8. The molecule has 2 atom stereocenters. The molecule has 30 heavy (non-hydrogen) atoms. The van der Waals surface area contributed by atoms with Crippen LogP contribution in [0.1, 0.15) is 53.6 Å². The number of ether oxygens (including phenoxy) is 1. The van der Waals surface area contributed by atoms with Crippen molar-refractivity contribution in [1.29, 1.82) is 0 Å². The summed E-state index contributed by atoms with van der Waals surface area (Å²) in [7, 11) is 0. The highest BCUT2D eigenvalue weighted by Gasteiger charge is 2.42. The summed E-state index contributed by atoms with van der Waals surface area (Å²) in [6.45, 7) is 3.75. The summed E-state index contributed by atoms with van der Waals surface area (Å²) < 4.78 is 6.01. The van der Waals surface area contributed by atoms with Crippen LogP contribution in [0.5, 0.6) is 0 Å². The Morgan fingerprint density at radius 3 is 2.70 bits per heavy atom. The number of benzene rings is 1. The Morgan fingerprint density at radius 1 is 1.20 bits per heavy atom. The Hall–Kier alpha value is -2.29. The predicted octanol–water partition coefficient (Wildman–Crippen LogP) is 0.530. The van der Waals surface area contributed by atoms with Crippen molar-refractivity contribution in [1.82, 2.24) is 15.1 Å². The molecule has 8 nitrogen and oxygen atoms in total. The molecule has 1 aromatic rings. The van der Waals surface area contributed by atoms with Crippen molar-refractivity contribution in [3.05, 3.63) is 34.9 Å². The molecule has 1 spiro atoms. The summed E-state index contributed by atoms with van der Waals surface area (Å²) >= 11 is 0. The van der Waals surface area contributed by atoms with Crippen LogP contribution in [-0.4, -0.2) is 64.9 Å². The number of nitrogens with one attached hydrogen (secondary N) is 1. The number of nitrogens with two attached hydrogens (primary N) is 1. The zero-order valence-electron chi connectivity index (χ0n) is 17.1. The number of imide groups is 1. The lowest BCUT2D eigenvalue weighted by molar-refractivity contribution is -0.136. The zero-order valence-corrected chi connectivity index (χ0v) is 17.1. The third-order valence-electron chi connectivity index (χ3n) is 7.08. The summed E-state index contributed by atoms with van der Waals surface area (Å²) in [5, 5.41) is 2.36. The number of carbonyl (C=O) groups excluding carboxylic acids is 3. The van der Waals surface area contributed by atoms with Crippen LogP contribution in [0.15, 0.2) is 18.2 Å². The van der Waals surface area contributed by atoms with Crippen LogP contribution in [0.4, 0.5) is 0 Å². The second kappa shape index (κ2) is 7.44. The highest BCUT2D eigenvalue weighted by molar-refractivity contribution is 6.05. The van der Waals surface area contributed by atoms with E-state index in [0.29, 0.717) is 25.1 Å². The van der Waals surface area contributed by atoms with Crippen LogP contribution >= 0.6 is 0 Å². The lowest BCUT2D eigenvalue weighted by Gasteiger charge is -2.38. The van der Waals surface area contributed by atoms with Crippen LogP contribution in [0, 0.1) is 0 Å². The first-order valence-corrected chi connectivity index (χ1v) is 10.8. The third-order valence-corrected chi connectivity index (χ3v) is 7.08. The van der Waals surface area contributed by atoms with Crippen LogP contribution in [-0.2, 0) is 27.4 Å². The number of likely N-dealkylation sites (tertiary alicyclic amines) is 1. The fourth-order valence-corrected chi connectivity index (χ4v) is 5.39. The van der Waals surface area contributed by atoms with Crippen molar-refractivity contribution in [2.45, 2.75) is 62.9 Å². The number of amides is 3. The zero-order chi connectivity index (χ0) is 20.9. The van der Waals surface area contributed by atoms with Gasteiger partial charge in [-0.3, -0.25) is 24.6 Å². The van der Waals surface area contributed by atoms with Crippen LogP contribution < -0.4 is 11.1 Å². The monoisotopic (exact) mass is 412 g/mol. The topological polar surface area (TPSA) is 105 Å². The fraction of sp³-hybridized carbons (Fsp3) is 0.591. The quantitative estimate of drug-likeness (QED) is 0.702. The molecule has 0 bridgehead atoms. The number of hydrogen-bond donors (Lipinski definition) is 2.